The summed E-state index contributed by atoms with van der Waals surface area (Å²) in [5, 5.41) is 21.9. The van der Waals surface area contributed by atoms with Crippen LogP contribution in [0.4, 0.5) is 0 Å². The zero-order valence-corrected chi connectivity index (χ0v) is 17.6. The summed E-state index contributed by atoms with van der Waals surface area (Å²) in [6.45, 7) is 4.21. The van der Waals surface area contributed by atoms with Gasteiger partial charge in [-0.05, 0) is 61.7 Å². The van der Waals surface area contributed by atoms with E-state index < -0.39 is 28.5 Å². The maximum absolute atomic E-state index is 13.6. The van der Waals surface area contributed by atoms with E-state index in [9.17, 15) is 24.8 Å². The van der Waals surface area contributed by atoms with E-state index in [-0.39, 0.29) is 46.6 Å². The number of nitrogens with zero attached hydrogens (tertiary/aromatic N) is 1. The number of hydrogen-bond donors (Lipinski definition) is 1. The monoisotopic (exact) mass is 411 g/mol. The van der Waals surface area contributed by atoms with E-state index in [1.165, 1.54) is 0 Å². The molecule has 1 N–H and O–H groups in total. The summed E-state index contributed by atoms with van der Waals surface area (Å²) in [5.74, 6) is -1.52. The van der Waals surface area contributed by atoms with Gasteiger partial charge in [-0.15, -0.1) is 0 Å². The fourth-order valence-corrected chi connectivity index (χ4v) is 9.73. The van der Waals surface area contributed by atoms with Crippen molar-refractivity contribution in [2.75, 3.05) is 0 Å². The molecular weight excluding hydrogens is 382 g/mol. The number of esters is 1. The summed E-state index contributed by atoms with van der Waals surface area (Å²) in [6, 6.07) is 2.47. The first-order chi connectivity index (χ1) is 14.1. The van der Waals surface area contributed by atoms with E-state index >= 15 is 0 Å². The van der Waals surface area contributed by atoms with Crippen molar-refractivity contribution in [1.29, 1.82) is 5.26 Å². The number of aliphatic hydroxyl groups is 1. The largest absolute Gasteiger partial charge is 0.458 e. The SMILES string of the molecule is CC12CCC(=O)C3C(=O)C(CC31C#N)C1C2C(O)CC2(C)C1CC[C@@]21CCC(=O)O1. The van der Waals surface area contributed by atoms with E-state index in [1.54, 1.807) is 0 Å². The molecule has 0 radical (unpaired) electrons. The summed E-state index contributed by atoms with van der Waals surface area (Å²) in [4.78, 5) is 38.5. The highest BCUT2D eigenvalue weighted by atomic mass is 16.6. The van der Waals surface area contributed by atoms with Crippen molar-refractivity contribution in [3.8, 4) is 6.07 Å². The molecule has 5 aliphatic carbocycles. The van der Waals surface area contributed by atoms with Crippen molar-refractivity contribution in [2.24, 2.45) is 45.8 Å². The Kier molecular flexibility index (Phi) is 3.39. The number of fused-ring (bicyclic) bond motifs is 7. The van der Waals surface area contributed by atoms with Crippen LogP contribution < -0.4 is 0 Å². The Morgan fingerprint density at radius 3 is 2.50 bits per heavy atom. The topological polar surface area (TPSA) is 104 Å². The second-order valence-corrected chi connectivity index (χ2v) is 11.5. The molecule has 0 amide bonds. The molecule has 30 heavy (non-hydrogen) atoms. The van der Waals surface area contributed by atoms with Gasteiger partial charge in [-0.3, -0.25) is 14.4 Å². The summed E-state index contributed by atoms with van der Waals surface area (Å²) in [6.07, 6.45) is 3.95. The third-order valence-corrected chi connectivity index (χ3v) is 11.0. The Morgan fingerprint density at radius 1 is 1.07 bits per heavy atom. The highest BCUT2D eigenvalue weighted by Gasteiger charge is 2.79. The van der Waals surface area contributed by atoms with Crippen molar-refractivity contribution < 1.29 is 24.2 Å². The highest BCUT2D eigenvalue weighted by Crippen LogP contribution is 2.76. The van der Waals surface area contributed by atoms with Crippen molar-refractivity contribution >= 4 is 17.5 Å². The zero-order chi connectivity index (χ0) is 21.3. The molecule has 1 heterocycles. The predicted molar refractivity (Wildman–Crippen MR) is 103 cm³/mol. The zero-order valence-electron chi connectivity index (χ0n) is 17.6. The molecule has 1 aliphatic heterocycles. The number of carbonyl (C=O) groups excluding carboxylic acids is 3. The standard InChI is InChI=1S/C24H29NO5/c1-21-6-4-14(26)19-20(29)12(9-23(19,21)11-25)17-13-3-7-24(8-5-16(28)30-24)22(13,2)10-15(27)18(17)21/h12-13,15,17-19,27H,3-10H2,1-2H3/t12?,13?,15?,17?,18?,19?,21?,22?,23?,24-/m1/s1. The van der Waals surface area contributed by atoms with Crippen LogP contribution in [0.2, 0.25) is 0 Å². The Balaban J connectivity index is 1.52. The smallest absolute Gasteiger partial charge is 0.306 e. The summed E-state index contributed by atoms with van der Waals surface area (Å²) in [7, 11) is 0. The number of rotatable bonds is 0. The first-order valence-corrected chi connectivity index (χ1v) is 11.5. The molecule has 6 fully saturated rings. The van der Waals surface area contributed by atoms with E-state index in [0.717, 1.165) is 12.8 Å². The van der Waals surface area contributed by atoms with Gasteiger partial charge in [-0.1, -0.05) is 13.8 Å². The van der Waals surface area contributed by atoms with E-state index in [1.807, 2.05) is 0 Å². The van der Waals surface area contributed by atoms with Crippen LogP contribution >= 0.6 is 0 Å². The molecule has 160 valence electrons. The predicted octanol–water partition coefficient (Wildman–Crippen LogP) is 2.57. The molecule has 2 bridgehead atoms. The quantitative estimate of drug-likeness (QED) is 0.485. The summed E-state index contributed by atoms with van der Waals surface area (Å²) < 4.78 is 5.94. The van der Waals surface area contributed by atoms with E-state index in [4.69, 9.17) is 4.74 Å². The molecule has 5 saturated carbocycles. The Labute approximate surface area is 176 Å². The Bertz CT molecular complexity index is 938. The molecule has 9 unspecified atom stereocenters. The van der Waals surface area contributed by atoms with Gasteiger partial charge in [-0.2, -0.15) is 5.26 Å². The fraction of sp³-hybridized carbons (Fsp3) is 0.833. The van der Waals surface area contributed by atoms with Gasteiger partial charge >= 0.3 is 5.97 Å². The van der Waals surface area contributed by atoms with Gasteiger partial charge in [-0.25, -0.2) is 0 Å². The van der Waals surface area contributed by atoms with Gasteiger partial charge in [0.05, 0.1) is 23.5 Å². The Hall–Kier alpha value is -1.74. The van der Waals surface area contributed by atoms with Gasteiger partial charge in [0.1, 0.15) is 17.2 Å². The molecule has 6 aliphatic rings. The van der Waals surface area contributed by atoms with Crippen LogP contribution in [0.5, 0.6) is 0 Å². The lowest BCUT2D eigenvalue weighted by Gasteiger charge is -2.64. The molecule has 10 atom stereocenters. The lowest BCUT2D eigenvalue weighted by molar-refractivity contribution is -0.213. The minimum absolute atomic E-state index is 0.0488. The van der Waals surface area contributed by atoms with Crippen LogP contribution in [0.3, 0.4) is 0 Å². The number of ketones is 2. The molecule has 6 rings (SSSR count). The maximum Gasteiger partial charge on any atom is 0.306 e. The lowest BCUT2D eigenvalue weighted by atomic mass is 9.39. The van der Waals surface area contributed by atoms with Crippen LogP contribution in [0.1, 0.15) is 65.2 Å². The number of hydrogen-bond acceptors (Lipinski definition) is 6. The van der Waals surface area contributed by atoms with Crippen LogP contribution in [0.15, 0.2) is 0 Å². The van der Waals surface area contributed by atoms with Crippen LogP contribution in [-0.2, 0) is 19.1 Å². The summed E-state index contributed by atoms with van der Waals surface area (Å²) in [5.41, 5.74) is -2.44. The average Bonchev–Trinajstić information content (AvgIpc) is 3.31. The molecule has 0 aromatic carbocycles. The molecule has 6 nitrogen and oxygen atoms in total. The van der Waals surface area contributed by atoms with E-state index in [2.05, 4.69) is 19.9 Å². The van der Waals surface area contributed by atoms with Crippen LogP contribution in [0.25, 0.3) is 0 Å². The summed E-state index contributed by atoms with van der Waals surface area (Å²) >= 11 is 0. The number of nitriles is 1. The first kappa shape index (κ1) is 19.0. The highest BCUT2D eigenvalue weighted by molar-refractivity contribution is 6.07. The molecule has 0 aromatic heterocycles. The minimum Gasteiger partial charge on any atom is -0.458 e. The lowest BCUT2D eigenvalue weighted by Crippen LogP contribution is -2.65. The molecule has 0 aromatic rings. The second kappa shape index (κ2) is 5.35. The van der Waals surface area contributed by atoms with Crippen molar-refractivity contribution in [1.82, 2.24) is 0 Å². The fourth-order valence-electron chi connectivity index (χ4n) is 9.73. The Morgan fingerprint density at radius 2 is 1.83 bits per heavy atom. The van der Waals surface area contributed by atoms with Crippen LogP contribution in [-0.4, -0.2) is 34.3 Å². The molecule has 1 spiro atoms. The van der Waals surface area contributed by atoms with Gasteiger partial charge in [0.25, 0.3) is 0 Å². The van der Waals surface area contributed by atoms with Crippen molar-refractivity contribution in [2.45, 2.75) is 76.9 Å². The minimum atomic E-state index is -0.976. The first-order valence-electron chi connectivity index (χ1n) is 11.5. The van der Waals surface area contributed by atoms with Gasteiger partial charge in [0.15, 0.2) is 0 Å². The maximum atomic E-state index is 13.6. The third kappa shape index (κ3) is 1.74. The normalized spacial score (nSPS) is 58.4. The third-order valence-electron chi connectivity index (χ3n) is 11.0. The number of Topliss-reactive ketones (excluding diaryl/α,β-unsaturated/α-hetero) is 2. The van der Waals surface area contributed by atoms with Crippen molar-refractivity contribution in [3.63, 3.8) is 0 Å². The molecule has 6 heteroatoms. The number of aliphatic hydroxyl groups excluding tert-OH is 1. The van der Waals surface area contributed by atoms with Crippen LogP contribution in [0, 0.1) is 57.2 Å². The number of ether oxygens (including phenoxy) is 1. The van der Waals surface area contributed by atoms with Gasteiger partial charge < -0.3 is 9.84 Å². The average molecular weight is 411 g/mol. The number of carbonyl (C=O) groups is 3. The van der Waals surface area contributed by atoms with Gasteiger partial charge in [0, 0.05) is 24.2 Å². The molecule has 1 saturated heterocycles. The second-order valence-electron chi connectivity index (χ2n) is 11.5. The van der Waals surface area contributed by atoms with Gasteiger partial charge in [0.2, 0.25) is 0 Å². The van der Waals surface area contributed by atoms with E-state index in [0.29, 0.717) is 38.5 Å². The van der Waals surface area contributed by atoms with Crippen molar-refractivity contribution in [3.05, 3.63) is 0 Å². The molecular formula is C24H29NO5.